The van der Waals surface area contributed by atoms with Crippen molar-refractivity contribution in [2.75, 3.05) is 6.61 Å². The molecular weight excluding hydrogens is 228 g/mol. The summed E-state index contributed by atoms with van der Waals surface area (Å²) in [6.45, 7) is 4.68. The molecule has 0 spiro atoms. The van der Waals surface area contributed by atoms with Gasteiger partial charge in [-0.05, 0) is 38.5 Å². The zero-order valence-corrected chi connectivity index (χ0v) is 11.7. The monoisotopic (exact) mass is 254 g/mol. The van der Waals surface area contributed by atoms with Crippen LogP contribution < -0.4 is 0 Å². The van der Waals surface area contributed by atoms with Gasteiger partial charge in [0.25, 0.3) is 0 Å². The molecule has 1 saturated carbocycles. The highest BCUT2D eigenvalue weighted by molar-refractivity contribution is 5.68. The standard InChI is InChI=1S/C15H26O3/c1-3-14(16)17-10-6-4-5-7-12-8-9-15(2)13(11-12)18-15/h12-13H,3-11H2,1-2H3. The van der Waals surface area contributed by atoms with E-state index in [0.29, 0.717) is 19.1 Å². The van der Waals surface area contributed by atoms with E-state index in [1.807, 2.05) is 6.92 Å². The van der Waals surface area contributed by atoms with Crippen LogP contribution in [0.1, 0.15) is 65.2 Å². The van der Waals surface area contributed by atoms with Crippen molar-refractivity contribution in [2.45, 2.75) is 76.9 Å². The first-order valence-corrected chi connectivity index (χ1v) is 7.47. The first kappa shape index (κ1) is 13.9. The lowest BCUT2D eigenvalue weighted by Gasteiger charge is -2.22. The van der Waals surface area contributed by atoms with Gasteiger partial charge in [-0.1, -0.05) is 26.2 Å². The fourth-order valence-electron chi connectivity index (χ4n) is 2.98. The lowest BCUT2D eigenvalue weighted by Crippen LogP contribution is -2.21. The van der Waals surface area contributed by atoms with Crippen LogP contribution in [-0.4, -0.2) is 24.3 Å². The Morgan fingerprint density at radius 1 is 1.39 bits per heavy atom. The molecule has 3 heteroatoms. The second-order valence-corrected chi connectivity index (χ2v) is 5.98. The number of rotatable bonds is 7. The summed E-state index contributed by atoms with van der Waals surface area (Å²) < 4.78 is 10.8. The van der Waals surface area contributed by atoms with E-state index in [4.69, 9.17) is 9.47 Å². The van der Waals surface area contributed by atoms with Crippen LogP contribution in [0.15, 0.2) is 0 Å². The van der Waals surface area contributed by atoms with E-state index in [0.717, 1.165) is 12.3 Å². The lowest BCUT2D eigenvalue weighted by molar-refractivity contribution is -0.143. The van der Waals surface area contributed by atoms with E-state index >= 15 is 0 Å². The average Bonchev–Trinajstić information content (AvgIpc) is 3.04. The molecule has 3 unspecified atom stereocenters. The van der Waals surface area contributed by atoms with E-state index in [1.54, 1.807) is 0 Å². The Balaban J connectivity index is 1.45. The summed E-state index contributed by atoms with van der Waals surface area (Å²) in [5.41, 5.74) is 0.255. The minimum absolute atomic E-state index is 0.0764. The van der Waals surface area contributed by atoms with Crippen molar-refractivity contribution in [1.29, 1.82) is 0 Å². The normalized spacial score (nSPS) is 33.9. The van der Waals surface area contributed by atoms with Gasteiger partial charge in [-0.25, -0.2) is 0 Å². The van der Waals surface area contributed by atoms with Gasteiger partial charge in [0.05, 0.1) is 18.3 Å². The molecule has 2 rings (SSSR count). The van der Waals surface area contributed by atoms with E-state index in [9.17, 15) is 4.79 Å². The predicted octanol–water partition coefficient (Wildman–Crippen LogP) is 3.46. The molecule has 2 fully saturated rings. The topological polar surface area (TPSA) is 38.8 Å². The number of hydrogen-bond acceptors (Lipinski definition) is 3. The van der Waals surface area contributed by atoms with Gasteiger partial charge in [-0.15, -0.1) is 0 Å². The summed E-state index contributed by atoms with van der Waals surface area (Å²) in [4.78, 5) is 10.9. The largest absolute Gasteiger partial charge is 0.466 e. The Labute approximate surface area is 110 Å². The molecule has 1 heterocycles. The minimum atomic E-state index is -0.0764. The third kappa shape index (κ3) is 3.71. The predicted molar refractivity (Wildman–Crippen MR) is 70.3 cm³/mol. The molecule has 0 bridgehead atoms. The van der Waals surface area contributed by atoms with Crippen molar-refractivity contribution >= 4 is 5.97 Å². The van der Waals surface area contributed by atoms with Crippen LogP contribution >= 0.6 is 0 Å². The zero-order chi connectivity index (χ0) is 13.0. The molecule has 0 aromatic carbocycles. The SMILES string of the molecule is CCC(=O)OCCCCCC1CCC2(C)OC2C1. The zero-order valence-electron chi connectivity index (χ0n) is 11.7. The lowest BCUT2D eigenvalue weighted by atomic mass is 9.80. The van der Waals surface area contributed by atoms with Crippen molar-refractivity contribution < 1.29 is 14.3 Å². The van der Waals surface area contributed by atoms with Gasteiger partial charge >= 0.3 is 5.97 Å². The van der Waals surface area contributed by atoms with Crippen LogP contribution in [-0.2, 0) is 14.3 Å². The second kappa shape index (κ2) is 6.05. The van der Waals surface area contributed by atoms with Crippen molar-refractivity contribution in [3.63, 3.8) is 0 Å². The highest BCUT2D eigenvalue weighted by Gasteiger charge is 2.54. The summed E-state index contributed by atoms with van der Waals surface area (Å²) in [5, 5.41) is 0. The minimum Gasteiger partial charge on any atom is -0.466 e. The average molecular weight is 254 g/mol. The molecule has 0 N–H and O–H groups in total. The molecule has 104 valence electrons. The van der Waals surface area contributed by atoms with Crippen LogP contribution in [0.3, 0.4) is 0 Å². The van der Waals surface area contributed by atoms with Crippen LogP contribution in [0.2, 0.25) is 0 Å². The Hall–Kier alpha value is -0.570. The fourth-order valence-corrected chi connectivity index (χ4v) is 2.98. The van der Waals surface area contributed by atoms with Gasteiger partial charge in [0.2, 0.25) is 0 Å². The summed E-state index contributed by atoms with van der Waals surface area (Å²) in [6.07, 6.45) is 9.65. The number of fused-ring (bicyclic) bond motifs is 1. The first-order chi connectivity index (χ1) is 8.64. The molecular formula is C15H26O3. The van der Waals surface area contributed by atoms with Crippen molar-refractivity contribution in [3.05, 3.63) is 0 Å². The highest BCUT2D eigenvalue weighted by Crippen LogP contribution is 2.50. The molecule has 1 aliphatic heterocycles. The molecule has 3 atom stereocenters. The van der Waals surface area contributed by atoms with Crippen molar-refractivity contribution in [1.82, 2.24) is 0 Å². The van der Waals surface area contributed by atoms with Crippen molar-refractivity contribution in [3.8, 4) is 0 Å². The molecule has 1 aliphatic carbocycles. The van der Waals surface area contributed by atoms with Gasteiger partial charge < -0.3 is 9.47 Å². The smallest absolute Gasteiger partial charge is 0.305 e. The van der Waals surface area contributed by atoms with E-state index in [-0.39, 0.29) is 11.6 Å². The first-order valence-electron chi connectivity index (χ1n) is 7.47. The summed E-state index contributed by atoms with van der Waals surface area (Å²) >= 11 is 0. The highest BCUT2D eigenvalue weighted by atomic mass is 16.6. The Morgan fingerprint density at radius 2 is 2.22 bits per heavy atom. The van der Waals surface area contributed by atoms with E-state index < -0.39 is 0 Å². The number of esters is 1. The molecule has 1 saturated heterocycles. The number of ether oxygens (including phenoxy) is 2. The molecule has 18 heavy (non-hydrogen) atoms. The Morgan fingerprint density at radius 3 is 2.94 bits per heavy atom. The summed E-state index contributed by atoms with van der Waals surface area (Å²) in [5.74, 6) is 0.788. The van der Waals surface area contributed by atoms with Gasteiger partial charge in [0.1, 0.15) is 0 Å². The molecule has 0 amide bonds. The van der Waals surface area contributed by atoms with Crippen molar-refractivity contribution in [2.24, 2.45) is 5.92 Å². The van der Waals surface area contributed by atoms with Crippen LogP contribution in [0.4, 0.5) is 0 Å². The Kier molecular flexibility index (Phi) is 4.66. The summed E-state index contributed by atoms with van der Waals surface area (Å²) in [6, 6.07) is 0. The maximum atomic E-state index is 10.9. The number of carbonyl (C=O) groups is 1. The number of carbonyl (C=O) groups excluding carboxylic acids is 1. The third-order valence-electron chi connectivity index (χ3n) is 4.44. The van der Waals surface area contributed by atoms with Crippen LogP contribution in [0, 0.1) is 5.92 Å². The molecule has 0 aromatic rings. The third-order valence-corrected chi connectivity index (χ3v) is 4.44. The second-order valence-electron chi connectivity index (χ2n) is 5.98. The number of epoxide rings is 1. The van der Waals surface area contributed by atoms with Gasteiger partial charge in [0.15, 0.2) is 0 Å². The fraction of sp³-hybridized carbons (Fsp3) is 0.933. The quantitative estimate of drug-likeness (QED) is 0.397. The molecule has 0 radical (unpaired) electrons. The van der Waals surface area contributed by atoms with Gasteiger partial charge in [-0.2, -0.15) is 0 Å². The number of unbranched alkanes of at least 4 members (excludes halogenated alkanes) is 2. The summed E-state index contributed by atoms with van der Waals surface area (Å²) in [7, 11) is 0. The molecule has 3 nitrogen and oxygen atoms in total. The van der Waals surface area contributed by atoms with E-state index in [1.165, 1.54) is 38.5 Å². The number of hydrogen-bond donors (Lipinski definition) is 0. The molecule has 2 aliphatic rings. The Bertz CT molecular complexity index is 289. The van der Waals surface area contributed by atoms with E-state index in [2.05, 4.69) is 6.92 Å². The van der Waals surface area contributed by atoms with Crippen LogP contribution in [0.25, 0.3) is 0 Å². The van der Waals surface area contributed by atoms with Crippen LogP contribution in [0.5, 0.6) is 0 Å². The maximum Gasteiger partial charge on any atom is 0.305 e. The maximum absolute atomic E-state index is 10.9. The van der Waals surface area contributed by atoms with Gasteiger partial charge in [-0.3, -0.25) is 4.79 Å². The molecule has 0 aromatic heterocycles. The van der Waals surface area contributed by atoms with Gasteiger partial charge in [0, 0.05) is 6.42 Å².